The molecule has 1 fully saturated rings. The van der Waals surface area contributed by atoms with Crippen LogP contribution in [0.2, 0.25) is 0 Å². The largest absolute Gasteiger partial charge is 0.394 e. The fourth-order valence-corrected chi connectivity index (χ4v) is 5.69. The van der Waals surface area contributed by atoms with Crippen molar-refractivity contribution in [2.45, 2.75) is 45.7 Å². The third kappa shape index (κ3) is 5.16. The maximum atomic E-state index is 13.0. The van der Waals surface area contributed by atoms with E-state index in [0.29, 0.717) is 30.2 Å². The van der Waals surface area contributed by atoms with Gasteiger partial charge in [0.15, 0.2) is 5.82 Å². The van der Waals surface area contributed by atoms with Crippen LogP contribution >= 0.6 is 0 Å². The number of hydrogen-bond donors (Lipinski definition) is 3. The van der Waals surface area contributed by atoms with Gasteiger partial charge < -0.3 is 15.7 Å². The van der Waals surface area contributed by atoms with Crippen molar-refractivity contribution in [3.63, 3.8) is 0 Å². The van der Waals surface area contributed by atoms with Crippen molar-refractivity contribution in [3.8, 4) is 11.1 Å². The number of aromatic nitrogens is 7. The number of nitrogens with one attached hydrogen (secondary N) is 2. The molecule has 0 aromatic carbocycles. The molecule has 0 atom stereocenters. The van der Waals surface area contributed by atoms with Gasteiger partial charge in [0.25, 0.3) is 5.91 Å². The Balaban J connectivity index is 1.22. The second-order valence-electron chi connectivity index (χ2n) is 11.3. The van der Waals surface area contributed by atoms with Gasteiger partial charge >= 0.3 is 0 Å². The fraction of sp³-hybridized carbons (Fsp3) is 0.414. The van der Waals surface area contributed by atoms with Crippen LogP contribution in [0.1, 0.15) is 42.7 Å². The summed E-state index contributed by atoms with van der Waals surface area (Å²) in [5.41, 5.74) is 5.89. The van der Waals surface area contributed by atoms with E-state index in [9.17, 15) is 9.90 Å². The van der Waals surface area contributed by atoms with E-state index in [0.717, 1.165) is 46.3 Å². The molecule has 12 heteroatoms. The molecule has 6 heterocycles. The predicted octanol–water partition coefficient (Wildman–Crippen LogP) is 3.13. The molecule has 0 saturated carbocycles. The summed E-state index contributed by atoms with van der Waals surface area (Å²) < 4.78 is 5.37. The number of pyridine rings is 1. The van der Waals surface area contributed by atoms with Gasteiger partial charge in [-0.25, -0.2) is 4.52 Å². The van der Waals surface area contributed by atoms with Crippen molar-refractivity contribution >= 4 is 33.8 Å². The lowest BCUT2D eigenvalue weighted by Gasteiger charge is -2.31. The smallest absolute Gasteiger partial charge is 0.252 e. The van der Waals surface area contributed by atoms with Crippen molar-refractivity contribution in [2.24, 2.45) is 7.05 Å². The first-order valence-electron chi connectivity index (χ1n) is 14.0. The van der Waals surface area contributed by atoms with Crippen molar-refractivity contribution in [1.82, 2.24) is 44.4 Å². The standard InChI is InChI=1S/C29H36N10O2/c1-19-24(12-20(14-31-19)28(41)30-7-9-37-8-5-6-29(37,2)3)34-27-23-16-33-39-18-21(13-25(39)26(23)36(4)35-27)22-15-32-38(17-22)10-11-40/h12-18,40H,5-11H2,1-4H3,(H,30,41)(H,34,35). The van der Waals surface area contributed by atoms with E-state index < -0.39 is 0 Å². The van der Waals surface area contributed by atoms with Crippen LogP contribution in [-0.4, -0.2) is 81.9 Å². The number of carbonyl (C=O) groups is 1. The molecule has 0 bridgehead atoms. The zero-order chi connectivity index (χ0) is 28.7. The minimum absolute atomic E-state index is 0.0334. The molecule has 214 valence electrons. The maximum Gasteiger partial charge on any atom is 0.252 e. The highest BCUT2D eigenvalue weighted by atomic mass is 16.3. The highest BCUT2D eigenvalue weighted by Gasteiger charge is 2.31. The number of carbonyl (C=O) groups excluding carboxylic acids is 1. The van der Waals surface area contributed by atoms with Crippen molar-refractivity contribution in [3.05, 3.63) is 54.4 Å². The molecule has 41 heavy (non-hydrogen) atoms. The molecule has 0 spiro atoms. The predicted molar refractivity (Wildman–Crippen MR) is 157 cm³/mol. The first-order valence-corrected chi connectivity index (χ1v) is 14.0. The van der Waals surface area contributed by atoms with Gasteiger partial charge in [-0.15, -0.1) is 0 Å². The quantitative estimate of drug-likeness (QED) is 0.253. The third-order valence-corrected chi connectivity index (χ3v) is 8.08. The van der Waals surface area contributed by atoms with E-state index in [1.54, 1.807) is 23.3 Å². The van der Waals surface area contributed by atoms with Crippen molar-refractivity contribution in [1.29, 1.82) is 0 Å². The SMILES string of the molecule is Cc1ncc(C(=O)NCCN2CCCC2(C)C)cc1Nc1nn(C)c2c1cnn1cc(-c3cnn(CCO)c3)cc21. The van der Waals surface area contributed by atoms with Gasteiger partial charge in [0.1, 0.15) is 0 Å². The van der Waals surface area contributed by atoms with Crippen LogP contribution in [0.3, 0.4) is 0 Å². The topological polar surface area (TPSA) is 130 Å². The molecule has 5 aromatic heterocycles. The zero-order valence-corrected chi connectivity index (χ0v) is 23.9. The normalized spacial score (nSPS) is 15.2. The molecule has 1 aliphatic heterocycles. The van der Waals surface area contributed by atoms with Gasteiger partial charge in [-0.05, 0) is 52.3 Å². The first-order chi connectivity index (χ1) is 19.7. The molecule has 1 amide bonds. The summed E-state index contributed by atoms with van der Waals surface area (Å²) in [6, 6.07) is 3.88. The van der Waals surface area contributed by atoms with Gasteiger partial charge in [-0.2, -0.15) is 15.3 Å². The number of fused-ring (bicyclic) bond motifs is 3. The van der Waals surface area contributed by atoms with Crippen LogP contribution in [0.4, 0.5) is 11.5 Å². The zero-order valence-electron chi connectivity index (χ0n) is 23.9. The Morgan fingerprint density at radius 3 is 2.73 bits per heavy atom. The lowest BCUT2D eigenvalue weighted by molar-refractivity contribution is 0.0940. The van der Waals surface area contributed by atoms with Gasteiger partial charge in [-0.1, -0.05) is 0 Å². The number of aliphatic hydroxyl groups excluding tert-OH is 1. The number of aliphatic hydroxyl groups is 1. The van der Waals surface area contributed by atoms with Crippen molar-refractivity contribution in [2.75, 3.05) is 31.6 Å². The van der Waals surface area contributed by atoms with Crippen molar-refractivity contribution < 1.29 is 9.90 Å². The number of likely N-dealkylation sites (tertiary alicyclic amines) is 1. The van der Waals surface area contributed by atoms with Gasteiger partial charge in [-0.3, -0.25) is 24.0 Å². The molecule has 6 rings (SSSR count). The Morgan fingerprint density at radius 1 is 1.10 bits per heavy atom. The van der Waals surface area contributed by atoms with Crippen LogP contribution in [0.25, 0.3) is 27.5 Å². The summed E-state index contributed by atoms with van der Waals surface area (Å²) in [7, 11) is 1.90. The van der Waals surface area contributed by atoms with Gasteiger partial charge in [0.05, 0.1) is 58.9 Å². The molecule has 0 unspecified atom stereocenters. The van der Waals surface area contributed by atoms with E-state index >= 15 is 0 Å². The van der Waals surface area contributed by atoms with E-state index in [4.69, 9.17) is 5.10 Å². The number of nitrogens with zero attached hydrogens (tertiary/aromatic N) is 8. The second-order valence-corrected chi connectivity index (χ2v) is 11.3. The Labute approximate surface area is 238 Å². The minimum Gasteiger partial charge on any atom is -0.394 e. The van der Waals surface area contributed by atoms with Crippen LogP contribution in [-0.2, 0) is 13.6 Å². The van der Waals surface area contributed by atoms with Crippen LogP contribution in [0.15, 0.2) is 43.1 Å². The summed E-state index contributed by atoms with van der Waals surface area (Å²) in [6.07, 6.45) is 11.4. The summed E-state index contributed by atoms with van der Waals surface area (Å²) in [4.78, 5) is 19.9. The van der Waals surface area contributed by atoms with Gasteiger partial charge in [0.2, 0.25) is 0 Å². The monoisotopic (exact) mass is 556 g/mol. The van der Waals surface area contributed by atoms with E-state index in [2.05, 4.69) is 50.6 Å². The Morgan fingerprint density at radius 2 is 1.95 bits per heavy atom. The lowest BCUT2D eigenvalue weighted by atomic mass is 10.0. The highest BCUT2D eigenvalue weighted by Crippen LogP contribution is 2.32. The van der Waals surface area contributed by atoms with Crippen LogP contribution < -0.4 is 10.6 Å². The number of rotatable bonds is 9. The Hall–Kier alpha value is -4.29. The number of amides is 1. The average Bonchev–Trinajstić information content (AvgIpc) is 3.71. The fourth-order valence-electron chi connectivity index (χ4n) is 5.69. The molecule has 1 aliphatic rings. The molecule has 0 aliphatic carbocycles. The summed E-state index contributed by atoms with van der Waals surface area (Å²) in [5.74, 6) is 0.490. The summed E-state index contributed by atoms with van der Waals surface area (Å²) >= 11 is 0. The number of aryl methyl sites for hydroxylation is 2. The molecular weight excluding hydrogens is 520 g/mol. The average molecular weight is 557 g/mol. The Bertz CT molecular complexity index is 1730. The Kier molecular flexibility index (Phi) is 6.96. The van der Waals surface area contributed by atoms with E-state index in [1.165, 1.54) is 12.8 Å². The number of anilines is 2. The second kappa shape index (κ2) is 10.6. The van der Waals surface area contributed by atoms with Gasteiger partial charge in [0, 0.05) is 55.4 Å². The maximum absolute atomic E-state index is 13.0. The molecule has 1 saturated heterocycles. The van der Waals surface area contributed by atoms with E-state index in [-0.39, 0.29) is 18.1 Å². The molecule has 3 N–H and O–H groups in total. The molecule has 5 aromatic rings. The number of hydrogen-bond acceptors (Lipinski definition) is 8. The minimum atomic E-state index is -0.144. The van der Waals surface area contributed by atoms with Crippen LogP contribution in [0.5, 0.6) is 0 Å². The summed E-state index contributed by atoms with van der Waals surface area (Å²) in [5, 5.41) is 30.2. The molecule has 0 radical (unpaired) electrons. The highest BCUT2D eigenvalue weighted by molar-refractivity contribution is 6.01. The summed E-state index contributed by atoms with van der Waals surface area (Å²) in [6.45, 7) is 9.39. The van der Waals surface area contributed by atoms with E-state index in [1.807, 2.05) is 41.6 Å². The third-order valence-electron chi connectivity index (χ3n) is 8.08. The first kappa shape index (κ1) is 26.9. The molecular formula is C29H36N10O2. The molecule has 12 nitrogen and oxygen atoms in total. The van der Waals surface area contributed by atoms with Crippen LogP contribution in [0, 0.1) is 6.92 Å². The lowest BCUT2D eigenvalue weighted by Crippen LogP contribution is -2.43.